The van der Waals surface area contributed by atoms with Crippen LogP contribution < -0.4 is 5.32 Å². The van der Waals surface area contributed by atoms with Crippen LogP contribution in [0, 0.1) is 12.8 Å². The fourth-order valence-corrected chi connectivity index (χ4v) is 2.88. The van der Waals surface area contributed by atoms with Crippen molar-refractivity contribution in [2.24, 2.45) is 5.92 Å². The first kappa shape index (κ1) is 11.9. The van der Waals surface area contributed by atoms with Gasteiger partial charge in [-0.25, -0.2) is 0 Å². The van der Waals surface area contributed by atoms with E-state index in [4.69, 9.17) is 0 Å². The largest absolute Gasteiger partial charge is 0.507 e. The van der Waals surface area contributed by atoms with Gasteiger partial charge in [-0.3, -0.25) is 0 Å². The molecule has 1 aliphatic carbocycles. The highest BCUT2D eigenvalue weighted by Gasteiger charge is 2.24. The Bertz CT molecular complexity index is 386. The van der Waals surface area contributed by atoms with Crippen LogP contribution in [0.5, 0.6) is 5.75 Å². The molecule has 2 N–H and O–H groups in total. The van der Waals surface area contributed by atoms with Crippen molar-refractivity contribution in [3.8, 4) is 5.75 Å². The first-order valence-electron chi connectivity index (χ1n) is 5.77. The Balaban J connectivity index is 1.98. The highest BCUT2D eigenvalue weighted by molar-refractivity contribution is 9.10. The maximum absolute atomic E-state index is 9.92. The second-order valence-electron chi connectivity index (χ2n) is 4.88. The molecule has 0 radical (unpaired) electrons. The van der Waals surface area contributed by atoms with Crippen molar-refractivity contribution in [1.29, 1.82) is 0 Å². The standard InChI is InChI=1S/C13H18BrNO/c1-8-3-12(4-8)15-7-10-6-11(14)5-9(2)13(10)16/h5-6,8,12,15-16H,3-4,7H2,1-2H3. The molecule has 0 heterocycles. The van der Waals surface area contributed by atoms with Gasteiger partial charge in [0.15, 0.2) is 0 Å². The molecule has 0 spiro atoms. The SMILES string of the molecule is Cc1cc(Br)cc(CNC2CC(C)C2)c1O. The van der Waals surface area contributed by atoms with E-state index >= 15 is 0 Å². The smallest absolute Gasteiger partial charge is 0.123 e. The molecule has 0 bridgehead atoms. The number of benzene rings is 1. The minimum Gasteiger partial charge on any atom is -0.507 e. The molecule has 3 heteroatoms. The Kier molecular flexibility index (Phi) is 3.55. The minimum absolute atomic E-state index is 0.420. The first-order chi connectivity index (χ1) is 7.56. The number of phenols is 1. The van der Waals surface area contributed by atoms with E-state index in [1.165, 1.54) is 12.8 Å². The van der Waals surface area contributed by atoms with Crippen molar-refractivity contribution in [2.75, 3.05) is 0 Å². The van der Waals surface area contributed by atoms with Gasteiger partial charge < -0.3 is 10.4 Å². The van der Waals surface area contributed by atoms with Gasteiger partial charge in [-0.15, -0.1) is 0 Å². The lowest BCUT2D eigenvalue weighted by Crippen LogP contribution is -2.39. The fourth-order valence-electron chi connectivity index (χ4n) is 2.26. The van der Waals surface area contributed by atoms with Crippen molar-refractivity contribution in [1.82, 2.24) is 5.32 Å². The van der Waals surface area contributed by atoms with E-state index in [1.807, 2.05) is 19.1 Å². The molecule has 0 saturated heterocycles. The van der Waals surface area contributed by atoms with Crippen molar-refractivity contribution in [3.63, 3.8) is 0 Å². The maximum Gasteiger partial charge on any atom is 0.123 e. The van der Waals surface area contributed by atoms with E-state index in [0.717, 1.165) is 28.1 Å². The molecule has 0 amide bonds. The van der Waals surface area contributed by atoms with E-state index in [9.17, 15) is 5.11 Å². The van der Waals surface area contributed by atoms with E-state index in [0.29, 0.717) is 11.8 Å². The molecule has 0 aliphatic heterocycles. The number of aromatic hydroxyl groups is 1. The fraction of sp³-hybridized carbons (Fsp3) is 0.538. The monoisotopic (exact) mass is 283 g/mol. The molecule has 1 saturated carbocycles. The number of nitrogens with one attached hydrogen (secondary N) is 1. The molecule has 0 unspecified atom stereocenters. The van der Waals surface area contributed by atoms with Crippen LogP contribution in [0.3, 0.4) is 0 Å². The summed E-state index contributed by atoms with van der Waals surface area (Å²) in [5.74, 6) is 1.28. The molecule has 1 aliphatic rings. The zero-order chi connectivity index (χ0) is 11.7. The van der Waals surface area contributed by atoms with Crippen LogP contribution in [0.15, 0.2) is 16.6 Å². The first-order valence-corrected chi connectivity index (χ1v) is 6.57. The summed E-state index contributed by atoms with van der Waals surface area (Å²) in [7, 11) is 0. The minimum atomic E-state index is 0.420. The van der Waals surface area contributed by atoms with Gasteiger partial charge in [-0.1, -0.05) is 22.9 Å². The van der Waals surface area contributed by atoms with Crippen molar-refractivity contribution >= 4 is 15.9 Å². The summed E-state index contributed by atoms with van der Waals surface area (Å²) in [5.41, 5.74) is 1.90. The molecular weight excluding hydrogens is 266 g/mol. The van der Waals surface area contributed by atoms with E-state index in [1.54, 1.807) is 0 Å². The van der Waals surface area contributed by atoms with Crippen molar-refractivity contribution in [2.45, 2.75) is 39.3 Å². The Labute approximate surface area is 105 Å². The van der Waals surface area contributed by atoms with Crippen molar-refractivity contribution < 1.29 is 5.11 Å². The lowest BCUT2D eigenvalue weighted by molar-refractivity contribution is 0.239. The molecule has 2 rings (SSSR count). The zero-order valence-electron chi connectivity index (χ0n) is 9.76. The van der Waals surface area contributed by atoms with Crippen LogP contribution in [0.1, 0.15) is 30.9 Å². The summed E-state index contributed by atoms with van der Waals surface area (Å²) in [6.45, 7) is 4.96. The molecule has 1 aromatic carbocycles. The third-order valence-electron chi connectivity index (χ3n) is 3.30. The summed E-state index contributed by atoms with van der Waals surface area (Å²) in [6.07, 6.45) is 2.52. The summed E-state index contributed by atoms with van der Waals surface area (Å²) in [6, 6.07) is 4.55. The van der Waals surface area contributed by atoms with Crippen LogP contribution in [0.2, 0.25) is 0 Å². The predicted molar refractivity (Wildman–Crippen MR) is 69.6 cm³/mol. The molecule has 16 heavy (non-hydrogen) atoms. The van der Waals surface area contributed by atoms with E-state index < -0.39 is 0 Å². The number of rotatable bonds is 3. The van der Waals surface area contributed by atoms with Gasteiger partial charge in [0.1, 0.15) is 5.75 Å². The van der Waals surface area contributed by atoms with Crippen LogP contribution >= 0.6 is 15.9 Å². The summed E-state index contributed by atoms with van der Waals surface area (Å²) < 4.78 is 1.03. The highest BCUT2D eigenvalue weighted by Crippen LogP contribution is 2.29. The number of hydrogen-bond acceptors (Lipinski definition) is 2. The summed E-state index contributed by atoms with van der Waals surface area (Å²) in [4.78, 5) is 0. The lowest BCUT2D eigenvalue weighted by atomic mass is 9.82. The topological polar surface area (TPSA) is 32.3 Å². The van der Waals surface area contributed by atoms with Gasteiger partial charge in [0.05, 0.1) is 0 Å². The molecule has 0 atom stereocenters. The maximum atomic E-state index is 9.92. The quantitative estimate of drug-likeness (QED) is 0.892. The summed E-state index contributed by atoms with van der Waals surface area (Å²) >= 11 is 3.46. The second-order valence-corrected chi connectivity index (χ2v) is 5.80. The molecule has 1 aromatic rings. The van der Waals surface area contributed by atoms with E-state index in [-0.39, 0.29) is 0 Å². The Morgan fingerprint density at radius 3 is 2.75 bits per heavy atom. The molecule has 0 aromatic heterocycles. The third kappa shape index (κ3) is 2.58. The zero-order valence-corrected chi connectivity index (χ0v) is 11.3. The lowest BCUT2D eigenvalue weighted by Gasteiger charge is -2.33. The van der Waals surface area contributed by atoms with Gasteiger partial charge in [-0.2, -0.15) is 0 Å². The predicted octanol–water partition coefficient (Wildman–Crippen LogP) is 3.35. The Morgan fingerprint density at radius 1 is 1.44 bits per heavy atom. The van der Waals surface area contributed by atoms with Gasteiger partial charge >= 0.3 is 0 Å². The number of aryl methyl sites for hydroxylation is 1. The highest BCUT2D eigenvalue weighted by atomic mass is 79.9. The number of phenolic OH excluding ortho intramolecular Hbond substituents is 1. The van der Waals surface area contributed by atoms with Gasteiger partial charge in [0, 0.05) is 22.6 Å². The molecular formula is C13H18BrNO. The average Bonchev–Trinajstić information content (AvgIpc) is 2.17. The average molecular weight is 284 g/mol. The second kappa shape index (κ2) is 4.76. The number of hydrogen-bond donors (Lipinski definition) is 2. The van der Waals surface area contributed by atoms with Crippen LogP contribution in [-0.2, 0) is 6.54 Å². The third-order valence-corrected chi connectivity index (χ3v) is 3.76. The van der Waals surface area contributed by atoms with Crippen molar-refractivity contribution in [3.05, 3.63) is 27.7 Å². The summed E-state index contributed by atoms with van der Waals surface area (Å²) in [5, 5.41) is 13.4. The normalized spacial score (nSPS) is 24.2. The van der Waals surface area contributed by atoms with E-state index in [2.05, 4.69) is 28.2 Å². The molecule has 1 fully saturated rings. The van der Waals surface area contributed by atoms with Crippen LogP contribution in [0.25, 0.3) is 0 Å². The van der Waals surface area contributed by atoms with Crippen LogP contribution in [0.4, 0.5) is 0 Å². The van der Waals surface area contributed by atoms with Gasteiger partial charge in [0.25, 0.3) is 0 Å². The van der Waals surface area contributed by atoms with Gasteiger partial charge in [0.2, 0.25) is 0 Å². The Hall–Kier alpha value is -0.540. The number of halogens is 1. The van der Waals surface area contributed by atoms with Crippen LogP contribution in [-0.4, -0.2) is 11.1 Å². The Morgan fingerprint density at radius 2 is 2.12 bits per heavy atom. The van der Waals surface area contributed by atoms with Gasteiger partial charge in [-0.05, 0) is 43.4 Å². The molecule has 2 nitrogen and oxygen atoms in total. The molecule has 88 valence electrons.